The smallest absolute Gasteiger partial charge is 0.462 e. The van der Waals surface area contributed by atoms with E-state index in [4.69, 9.17) is 37.0 Å². The van der Waals surface area contributed by atoms with Crippen LogP contribution in [0.4, 0.5) is 0 Å². The average molecular weight is 1350 g/mol. The lowest BCUT2D eigenvalue weighted by Crippen LogP contribution is -2.30. The van der Waals surface area contributed by atoms with E-state index in [1.54, 1.807) is 0 Å². The number of ether oxygens (including phenoxy) is 4. The Hall–Kier alpha value is -2.72. The zero-order valence-corrected chi connectivity index (χ0v) is 60.5. The molecule has 0 aliphatic rings. The maximum atomic E-state index is 13.0. The molecule has 0 bridgehead atoms. The summed E-state index contributed by atoms with van der Waals surface area (Å²) in [4.78, 5) is 72.6. The van der Waals surface area contributed by atoms with Gasteiger partial charge < -0.3 is 33.8 Å². The van der Waals surface area contributed by atoms with Crippen LogP contribution in [0.1, 0.15) is 349 Å². The van der Waals surface area contributed by atoms with Gasteiger partial charge in [0.1, 0.15) is 19.3 Å². The summed E-state index contributed by atoms with van der Waals surface area (Å²) in [5.41, 5.74) is 0. The Balaban J connectivity index is 5.28. The van der Waals surface area contributed by atoms with Crippen molar-refractivity contribution < 1.29 is 80.2 Å². The third-order valence-electron chi connectivity index (χ3n) is 16.1. The standard InChI is InChI=1S/C73H136O17P2/c1-5-9-13-17-21-25-29-32-33-36-39-42-46-50-54-58-71(76)84-64-69(90-73(78)60-56-52-48-44-40-35-31-27-23-19-15-11-7-3)66-88-92(81,82)86-62-67(74)61-85-91(79,80)87-65-68(89-72(77)59-55-51-47-43-37-28-24-20-16-12-8-4)63-83-70(75)57-53-49-45-41-38-34-30-26-22-18-14-10-6-2/h20-21,24-25,32-33,67-69,74H,5-19,22-23,26-31,34-66H2,1-4H3,(H,79,80)(H,81,82)/b24-20-,25-21-,33-32-. The molecule has 0 saturated carbocycles. The fourth-order valence-electron chi connectivity index (χ4n) is 10.4. The largest absolute Gasteiger partial charge is 0.472 e. The van der Waals surface area contributed by atoms with E-state index in [1.165, 1.54) is 141 Å². The number of phosphoric acid groups is 2. The van der Waals surface area contributed by atoms with E-state index in [2.05, 4.69) is 64.2 Å². The summed E-state index contributed by atoms with van der Waals surface area (Å²) in [5.74, 6) is -2.16. The predicted octanol–water partition coefficient (Wildman–Crippen LogP) is 20.8. The molecule has 0 aliphatic heterocycles. The van der Waals surface area contributed by atoms with Crippen LogP contribution in [0, 0.1) is 0 Å². The summed E-state index contributed by atoms with van der Waals surface area (Å²) < 4.78 is 68.3. The van der Waals surface area contributed by atoms with Gasteiger partial charge >= 0.3 is 39.5 Å². The zero-order valence-electron chi connectivity index (χ0n) is 58.7. The molecule has 3 N–H and O–H groups in total. The van der Waals surface area contributed by atoms with Gasteiger partial charge in [0, 0.05) is 25.7 Å². The fourth-order valence-corrected chi connectivity index (χ4v) is 11.9. The Morgan fingerprint density at radius 3 is 0.870 bits per heavy atom. The Bertz CT molecular complexity index is 1900. The van der Waals surface area contributed by atoms with Crippen molar-refractivity contribution >= 4 is 39.5 Å². The van der Waals surface area contributed by atoms with Gasteiger partial charge in [-0.15, -0.1) is 0 Å². The third kappa shape index (κ3) is 65.9. The van der Waals surface area contributed by atoms with Crippen LogP contribution in [0.15, 0.2) is 36.5 Å². The molecule has 19 heteroatoms. The monoisotopic (exact) mass is 1350 g/mol. The number of unbranched alkanes of at least 4 members (excludes halogenated alkanes) is 39. The number of phosphoric ester groups is 2. The number of rotatable bonds is 71. The van der Waals surface area contributed by atoms with Gasteiger partial charge in [0.15, 0.2) is 12.2 Å². The number of allylic oxidation sites excluding steroid dienone is 6. The van der Waals surface area contributed by atoms with Crippen molar-refractivity contribution in [1.29, 1.82) is 0 Å². The summed E-state index contributed by atoms with van der Waals surface area (Å²) in [5, 5.41) is 10.6. The molecular formula is C73H136O17P2. The Kier molecular flexibility index (Phi) is 64.9. The van der Waals surface area contributed by atoms with Gasteiger partial charge in [-0.2, -0.15) is 0 Å². The molecule has 0 heterocycles. The number of aliphatic hydroxyl groups excluding tert-OH is 1. The summed E-state index contributed by atoms with van der Waals surface area (Å²) >= 11 is 0. The summed E-state index contributed by atoms with van der Waals surface area (Å²) in [7, 11) is -9.92. The molecule has 0 spiro atoms. The molecule has 0 aromatic heterocycles. The van der Waals surface area contributed by atoms with E-state index in [0.717, 1.165) is 128 Å². The Morgan fingerprint density at radius 1 is 0.304 bits per heavy atom. The predicted molar refractivity (Wildman–Crippen MR) is 372 cm³/mol. The van der Waals surface area contributed by atoms with E-state index < -0.39 is 97.5 Å². The number of hydrogen-bond acceptors (Lipinski definition) is 15. The number of carbonyl (C=O) groups excluding carboxylic acids is 4. The quantitative estimate of drug-likeness (QED) is 0.0169. The van der Waals surface area contributed by atoms with Crippen LogP contribution in [0.5, 0.6) is 0 Å². The summed E-state index contributed by atoms with van der Waals surface area (Å²) in [6.45, 7) is 4.84. The van der Waals surface area contributed by atoms with E-state index >= 15 is 0 Å². The summed E-state index contributed by atoms with van der Waals surface area (Å²) in [6, 6.07) is 0. The van der Waals surface area contributed by atoms with Crippen LogP contribution in [0.3, 0.4) is 0 Å². The molecule has 0 amide bonds. The summed E-state index contributed by atoms with van der Waals surface area (Å²) in [6.07, 6.45) is 60.0. The number of carbonyl (C=O) groups is 4. The van der Waals surface area contributed by atoms with E-state index in [0.29, 0.717) is 25.7 Å². The van der Waals surface area contributed by atoms with Gasteiger partial charge in [-0.25, -0.2) is 9.13 Å². The lowest BCUT2D eigenvalue weighted by molar-refractivity contribution is -0.161. The van der Waals surface area contributed by atoms with Crippen LogP contribution in [-0.4, -0.2) is 96.7 Å². The fraction of sp³-hybridized carbons (Fsp3) is 0.863. The van der Waals surface area contributed by atoms with Crippen molar-refractivity contribution in [3.8, 4) is 0 Å². The molecule has 0 fully saturated rings. The van der Waals surface area contributed by atoms with E-state index in [1.807, 2.05) is 0 Å². The van der Waals surface area contributed by atoms with Crippen LogP contribution < -0.4 is 0 Å². The molecule has 92 heavy (non-hydrogen) atoms. The first-order valence-corrected chi connectivity index (χ1v) is 40.2. The van der Waals surface area contributed by atoms with Gasteiger partial charge in [-0.3, -0.25) is 37.3 Å². The highest BCUT2D eigenvalue weighted by atomic mass is 31.2. The lowest BCUT2D eigenvalue weighted by atomic mass is 10.0. The first-order chi connectivity index (χ1) is 44.7. The molecule has 0 aliphatic carbocycles. The third-order valence-corrected chi connectivity index (χ3v) is 18.0. The number of hydrogen-bond donors (Lipinski definition) is 3. The highest BCUT2D eigenvalue weighted by molar-refractivity contribution is 7.47. The van der Waals surface area contributed by atoms with Crippen molar-refractivity contribution in [2.75, 3.05) is 39.6 Å². The van der Waals surface area contributed by atoms with E-state index in [-0.39, 0.29) is 25.7 Å². The maximum Gasteiger partial charge on any atom is 0.472 e. The van der Waals surface area contributed by atoms with Crippen molar-refractivity contribution in [2.45, 2.75) is 367 Å². The van der Waals surface area contributed by atoms with Gasteiger partial charge in [-0.05, 0) is 77.0 Å². The molecule has 5 atom stereocenters. The van der Waals surface area contributed by atoms with Crippen LogP contribution in [-0.2, 0) is 65.4 Å². The number of esters is 4. The Morgan fingerprint density at radius 2 is 0.543 bits per heavy atom. The van der Waals surface area contributed by atoms with Crippen molar-refractivity contribution in [3.05, 3.63) is 36.5 Å². The molecule has 5 unspecified atom stereocenters. The van der Waals surface area contributed by atoms with Crippen molar-refractivity contribution in [2.24, 2.45) is 0 Å². The molecule has 0 rings (SSSR count). The van der Waals surface area contributed by atoms with Gasteiger partial charge in [0.05, 0.1) is 26.4 Å². The van der Waals surface area contributed by atoms with Gasteiger partial charge in [0.2, 0.25) is 0 Å². The Labute approximate surface area is 560 Å². The minimum atomic E-state index is -4.96. The van der Waals surface area contributed by atoms with Crippen LogP contribution >= 0.6 is 15.6 Å². The highest BCUT2D eigenvalue weighted by Crippen LogP contribution is 2.45. The van der Waals surface area contributed by atoms with Gasteiger partial charge in [-0.1, -0.05) is 282 Å². The molecule has 0 aromatic rings. The average Bonchev–Trinajstić information content (AvgIpc) is 3.58. The molecule has 17 nitrogen and oxygen atoms in total. The first-order valence-electron chi connectivity index (χ1n) is 37.2. The lowest BCUT2D eigenvalue weighted by Gasteiger charge is -2.21. The molecule has 0 radical (unpaired) electrons. The minimum absolute atomic E-state index is 0.0915. The van der Waals surface area contributed by atoms with Crippen molar-refractivity contribution in [1.82, 2.24) is 0 Å². The first kappa shape index (κ1) is 89.3. The normalized spacial score (nSPS) is 14.2. The second-order valence-corrected chi connectivity index (χ2v) is 28.2. The van der Waals surface area contributed by atoms with Crippen LogP contribution in [0.2, 0.25) is 0 Å². The molecule has 540 valence electrons. The molecule has 0 aromatic carbocycles. The second-order valence-electron chi connectivity index (χ2n) is 25.2. The zero-order chi connectivity index (χ0) is 67.5. The van der Waals surface area contributed by atoms with Crippen LogP contribution in [0.25, 0.3) is 0 Å². The second kappa shape index (κ2) is 66.9. The highest BCUT2D eigenvalue weighted by Gasteiger charge is 2.30. The molecule has 0 saturated heterocycles. The molecular weight excluding hydrogens is 1210 g/mol. The topological polar surface area (TPSA) is 237 Å². The van der Waals surface area contributed by atoms with Gasteiger partial charge in [0.25, 0.3) is 0 Å². The maximum absolute atomic E-state index is 13.0. The van der Waals surface area contributed by atoms with E-state index in [9.17, 15) is 43.2 Å². The van der Waals surface area contributed by atoms with Crippen molar-refractivity contribution in [3.63, 3.8) is 0 Å². The minimum Gasteiger partial charge on any atom is -0.462 e. The number of aliphatic hydroxyl groups is 1. The SMILES string of the molecule is CCCC/C=C\CCCCCCCC(=O)OC(COC(=O)CCCCCCCCCCCCCCC)COP(=O)(O)OCC(O)COP(=O)(O)OCC(COC(=O)CCCCCCC/C=C\C/C=C\CCCCC)OC(=O)CCCCCCCCCCCCCCC.